The highest BCUT2D eigenvalue weighted by Gasteiger charge is 2.38. The Labute approximate surface area is 102 Å². The quantitative estimate of drug-likeness (QED) is 0.828. The Hall–Kier alpha value is -1.16. The van der Waals surface area contributed by atoms with Crippen LogP contribution in [0.5, 0.6) is 0 Å². The van der Waals surface area contributed by atoms with E-state index in [0.29, 0.717) is 17.1 Å². The zero-order valence-corrected chi connectivity index (χ0v) is 10.8. The summed E-state index contributed by atoms with van der Waals surface area (Å²) in [6, 6.07) is 6.91. The summed E-state index contributed by atoms with van der Waals surface area (Å²) in [4.78, 5) is 11.7. The van der Waals surface area contributed by atoms with Crippen LogP contribution in [0.15, 0.2) is 29.2 Å². The summed E-state index contributed by atoms with van der Waals surface area (Å²) in [7, 11) is -3.13. The van der Waals surface area contributed by atoms with Crippen LogP contribution in [0.25, 0.3) is 0 Å². The summed E-state index contributed by atoms with van der Waals surface area (Å²) in [5.41, 5.74) is 1.07. The van der Waals surface area contributed by atoms with E-state index in [2.05, 4.69) is 0 Å². The minimum Gasteiger partial charge on any atom is -0.299 e. The number of carbonyl (C=O) groups excluding carboxylic acids is 1. The molecule has 0 spiro atoms. The summed E-state index contributed by atoms with van der Waals surface area (Å²) < 4.78 is 22.6. The topological polar surface area (TPSA) is 51.2 Å². The van der Waals surface area contributed by atoms with E-state index < -0.39 is 9.84 Å². The normalized spacial score (nSPS) is 24.5. The van der Waals surface area contributed by atoms with Gasteiger partial charge in [-0.25, -0.2) is 8.42 Å². The molecule has 0 heterocycles. The highest BCUT2D eigenvalue weighted by atomic mass is 32.2. The molecule has 4 heteroatoms. The second-order valence-electron chi connectivity index (χ2n) is 4.63. The smallest absolute Gasteiger partial charge is 0.175 e. The zero-order chi connectivity index (χ0) is 12.6. The van der Waals surface area contributed by atoms with Crippen molar-refractivity contribution in [3.05, 3.63) is 29.8 Å². The Morgan fingerprint density at radius 3 is 2.24 bits per heavy atom. The molecule has 2 rings (SSSR count). The van der Waals surface area contributed by atoms with Gasteiger partial charge >= 0.3 is 0 Å². The van der Waals surface area contributed by atoms with Crippen LogP contribution < -0.4 is 0 Å². The van der Waals surface area contributed by atoms with Crippen LogP contribution in [0.4, 0.5) is 0 Å². The lowest BCUT2D eigenvalue weighted by Crippen LogP contribution is -2.34. The molecular weight excluding hydrogens is 236 g/mol. The van der Waals surface area contributed by atoms with Gasteiger partial charge in [-0.1, -0.05) is 19.1 Å². The molecule has 0 aromatic heterocycles. The number of ketones is 1. The average Bonchev–Trinajstić information content (AvgIpc) is 2.25. The average molecular weight is 252 g/mol. The zero-order valence-electron chi connectivity index (χ0n) is 10.0. The van der Waals surface area contributed by atoms with E-state index in [1.54, 1.807) is 12.1 Å². The second kappa shape index (κ2) is 4.26. The predicted octanol–water partition coefficient (Wildman–Crippen LogP) is 2.17. The van der Waals surface area contributed by atoms with Crippen LogP contribution in [0, 0.1) is 5.92 Å². The molecule has 0 radical (unpaired) electrons. The molecule has 92 valence electrons. The van der Waals surface area contributed by atoms with Crippen molar-refractivity contribution in [1.82, 2.24) is 0 Å². The third-order valence-corrected chi connectivity index (χ3v) is 4.63. The first-order valence-corrected chi connectivity index (χ1v) is 7.65. The SMILES string of the molecule is CCC1C(=O)CC1c1ccc(S(C)(=O)=O)cc1. The van der Waals surface area contributed by atoms with Crippen molar-refractivity contribution >= 4 is 15.6 Å². The third kappa shape index (κ3) is 2.27. The van der Waals surface area contributed by atoms with Gasteiger partial charge < -0.3 is 0 Å². The monoisotopic (exact) mass is 252 g/mol. The molecule has 1 aliphatic carbocycles. The van der Waals surface area contributed by atoms with Gasteiger partial charge in [0.05, 0.1) is 4.90 Å². The molecule has 2 atom stereocenters. The molecule has 2 unspecified atom stereocenters. The van der Waals surface area contributed by atoms with Crippen LogP contribution in [0.3, 0.4) is 0 Å². The van der Waals surface area contributed by atoms with E-state index in [1.165, 1.54) is 6.26 Å². The van der Waals surface area contributed by atoms with E-state index >= 15 is 0 Å². The number of sulfone groups is 1. The maximum absolute atomic E-state index is 11.4. The Balaban J connectivity index is 2.23. The van der Waals surface area contributed by atoms with Crippen LogP contribution in [-0.2, 0) is 14.6 Å². The van der Waals surface area contributed by atoms with E-state index in [0.717, 1.165) is 12.0 Å². The van der Waals surface area contributed by atoms with Gasteiger partial charge in [0.15, 0.2) is 9.84 Å². The van der Waals surface area contributed by atoms with Crippen molar-refractivity contribution < 1.29 is 13.2 Å². The molecule has 1 aromatic rings. The first kappa shape index (κ1) is 12.3. The molecule has 0 aliphatic heterocycles. The Kier molecular flexibility index (Phi) is 3.08. The molecule has 3 nitrogen and oxygen atoms in total. The number of benzene rings is 1. The summed E-state index contributed by atoms with van der Waals surface area (Å²) in [5, 5.41) is 0. The van der Waals surface area contributed by atoms with Crippen molar-refractivity contribution in [3.63, 3.8) is 0 Å². The highest BCUT2D eigenvalue weighted by molar-refractivity contribution is 7.90. The largest absolute Gasteiger partial charge is 0.299 e. The molecule has 17 heavy (non-hydrogen) atoms. The second-order valence-corrected chi connectivity index (χ2v) is 6.65. The van der Waals surface area contributed by atoms with E-state index in [9.17, 15) is 13.2 Å². The van der Waals surface area contributed by atoms with Gasteiger partial charge in [-0.2, -0.15) is 0 Å². The van der Waals surface area contributed by atoms with Gasteiger partial charge in [0.1, 0.15) is 5.78 Å². The lowest BCUT2D eigenvalue weighted by Gasteiger charge is -2.34. The van der Waals surface area contributed by atoms with Crippen molar-refractivity contribution in [2.45, 2.75) is 30.6 Å². The third-order valence-electron chi connectivity index (χ3n) is 3.50. The lowest BCUT2D eigenvalue weighted by atomic mass is 9.68. The number of hydrogen-bond acceptors (Lipinski definition) is 3. The fraction of sp³-hybridized carbons (Fsp3) is 0.462. The molecule has 1 aliphatic rings. The first-order valence-electron chi connectivity index (χ1n) is 5.76. The Morgan fingerprint density at radius 1 is 1.24 bits per heavy atom. The van der Waals surface area contributed by atoms with Crippen LogP contribution >= 0.6 is 0 Å². The summed E-state index contributed by atoms with van der Waals surface area (Å²) in [6.07, 6.45) is 2.65. The number of Topliss-reactive ketones (excluding diaryl/α,β-unsaturated/α-hetero) is 1. The standard InChI is InChI=1S/C13H16O3S/c1-3-11-12(8-13(11)14)9-4-6-10(7-5-9)17(2,15)16/h4-7,11-12H,3,8H2,1-2H3. The summed E-state index contributed by atoms with van der Waals surface area (Å²) >= 11 is 0. The number of rotatable bonds is 3. The number of carbonyl (C=O) groups is 1. The van der Waals surface area contributed by atoms with Crippen molar-refractivity contribution in [2.75, 3.05) is 6.26 Å². The molecule has 1 fully saturated rings. The Morgan fingerprint density at radius 2 is 1.82 bits per heavy atom. The fourth-order valence-corrected chi connectivity index (χ4v) is 3.03. The minimum absolute atomic E-state index is 0.124. The molecule has 0 N–H and O–H groups in total. The lowest BCUT2D eigenvalue weighted by molar-refractivity contribution is -0.131. The van der Waals surface area contributed by atoms with Crippen molar-refractivity contribution in [1.29, 1.82) is 0 Å². The molecule has 0 bridgehead atoms. The maximum atomic E-state index is 11.4. The fourth-order valence-electron chi connectivity index (χ4n) is 2.40. The molecule has 0 saturated heterocycles. The van der Waals surface area contributed by atoms with Crippen LogP contribution in [0.2, 0.25) is 0 Å². The van der Waals surface area contributed by atoms with Crippen molar-refractivity contribution in [3.8, 4) is 0 Å². The summed E-state index contributed by atoms with van der Waals surface area (Å²) in [6.45, 7) is 2.01. The number of hydrogen-bond donors (Lipinski definition) is 0. The predicted molar refractivity (Wildman–Crippen MR) is 65.7 cm³/mol. The van der Waals surface area contributed by atoms with Crippen LogP contribution in [-0.4, -0.2) is 20.5 Å². The molecular formula is C13H16O3S. The first-order chi connectivity index (χ1) is 7.93. The van der Waals surface area contributed by atoms with Gasteiger partial charge in [0.25, 0.3) is 0 Å². The van der Waals surface area contributed by atoms with Gasteiger partial charge in [-0.05, 0) is 24.1 Å². The highest BCUT2D eigenvalue weighted by Crippen LogP contribution is 2.41. The molecule has 0 amide bonds. The van der Waals surface area contributed by atoms with Gasteiger partial charge in [-0.15, -0.1) is 0 Å². The molecule has 1 aromatic carbocycles. The Bertz CT molecular complexity index is 528. The van der Waals surface area contributed by atoms with Gasteiger partial charge in [0.2, 0.25) is 0 Å². The van der Waals surface area contributed by atoms with E-state index in [4.69, 9.17) is 0 Å². The van der Waals surface area contributed by atoms with Gasteiger partial charge in [-0.3, -0.25) is 4.79 Å². The minimum atomic E-state index is -3.13. The molecule has 1 saturated carbocycles. The summed E-state index contributed by atoms with van der Waals surface area (Å²) in [5.74, 6) is 0.727. The van der Waals surface area contributed by atoms with Crippen LogP contribution in [0.1, 0.15) is 31.2 Å². The van der Waals surface area contributed by atoms with Gasteiger partial charge in [0, 0.05) is 24.5 Å². The maximum Gasteiger partial charge on any atom is 0.175 e. The van der Waals surface area contributed by atoms with E-state index in [1.807, 2.05) is 19.1 Å². The van der Waals surface area contributed by atoms with E-state index in [-0.39, 0.29) is 11.8 Å². The van der Waals surface area contributed by atoms with Crippen molar-refractivity contribution in [2.24, 2.45) is 5.92 Å².